The van der Waals surface area contributed by atoms with Crippen LogP contribution in [0.2, 0.25) is 0 Å². The summed E-state index contributed by atoms with van der Waals surface area (Å²) >= 11 is 0. The maximum absolute atomic E-state index is 12.0. The summed E-state index contributed by atoms with van der Waals surface area (Å²) in [7, 11) is 0. The first-order valence-electron chi connectivity index (χ1n) is 12.1. The van der Waals surface area contributed by atoms with Gasteiger partial charge in [0.05, 0.1) is 0 Å². The predicted octanol–water partition coefficient (Wildman–Crippen LogP) is 2.75. The van der Waals surface area contributed by atoms with Gasteiger partial charge in [0, 0.05) is 6.42 Å². The van der Waals surface area contributed by atoms with Crippen LogP contribution in [0.4, 0.5) is 0 Å². The number of aliphatic hydroxyl groups is 5. The number of ether oxygens (including phenoxy) is 1. The Morgan fingerprint density at radius 1 is 0.645 bits per heavy atom. The summed E-state index contributed by atoms with van der Waals surface area (Å²) in [4.78, 5) is 12.0. The minimum absolute atomic E-state index is 0.142. The van der Waals surface area contributed by atoms with Crippen molar-refractivity contribution in [1.82, 2.24) is 0 Å². The molecule has 0 amide bonds. The molecular weight excluding hydrogens is 400 g/mol. The SMILES string of the molecule is CCCCCCCC/C=C\CCCCCCCC(=O)OC1[C@@H](O)[C@H](O)C(O)[C@H](O)[C@@H]1O. The molecule has 0 aromatic carbocycles. The smallest absolute Gasteiger partial charge is 0.306 e. The van der Waals surface area contributed by atoms with Crippen LogP contribution in [0.25, 0.3) is 0 Å². The largest absolute Gasteiger partial charge is 0.457 e. The fourth-order valence-corrected chi connectivity index (χ4v) is 3.89. The van der Waals surface area contributed by atoms with Crippen molar-refractivity contribution in [1.29, 1.82) is 0 Å². The fraction of sp³-hybridized carbons (Fsp3) is 0.875. The summed E-state index contributed by atoms with van der Waals surface area (Å²) in [6, 6.07) is 0. The van der Waals surface area contributed by atoms with Crippen molar-refractivity contribution >= 4 is 5.97 Å². The molecule has 0 aromatic heterocycles. The third kappa shape index (κ3) is 10.9. The average molecular weight is 445 g/mol. The normalized spacial score (nSPS) is 28.8. The lowest BCUT2D eigenvalue weighted by Crippen LogP contribution is -2.64. The molecule has 0 aromatic rings. The van der Waals surface area contributed by atoms with Crippen LogP contribution in [0.5, 0.6) is 0 Å². The molecule has 1 aliphatic carbocycles. The summed E-state index contributed by atoms with van der Waals surface area (Å²) in [5, 5.41) is 48.6. The quantitative estimate of drug-likeness (QED) is 0.141. The molecule has 1 rings (SSSR count). The standard InChI is InChI=1S/C24H44O7/c1-2-3-4-5-6-7-8-9-10-11-12-13-14-15-16-17-18(25)31-24-22(29)20(27)19(26)21(28)23(24)30/h9-10,19-24,26-30H,2-8,11-17H2,1H3/b10-9-/t19?,20-,21+,22-,23-,24?/m0/s1. The summed E-state index contributed by atoms with van der Waals surface area (Å²) in [5.41, 5.74) is 0. The first kappa shape index (κ1) is 28.0. The van der Waals surface area contributed by atoms with Gasteiger partial charge in [-0.25, -0.2) is 0 Å². The highest BCUT2D eigenvalue weighted by molar-refractivity contribution is 5.69. The highest BCUT2D eigenvalue weighted by Gasteiger charge is 2.50. The van der Waals surface area contributed by atoms with E-state index in [9.17, 15) is 30.3 Å². The maximum atomic E-state index is 12.0. The third-order valence-electron chi connectivity index (χ3n) is 5.98. The van der Waals surface area contributed by atoms with E-state index in [0.717, 1.165) is 32.1 Å². The molecule has 0 heterocycles. The minimum atomic E-state index is -1.69. The lowest BCUT2D eigenvalue weighted by Gasteiger charge is -2.41. The lowest BCUT2D eigenvalue weighted by atomic mass is 9.85. The number of aliphatic hydroxyl groups excluding tert-OH is 5. The van der Waals surface area contributed by atoms with Gasteiger partial charge >= 0.3 is 5.97 Å². The van der Waals surface area contributed by atoms with E-state index in [-0.39, 0.29) is 6.42 Å². The molecule has 1 aliphatic rings. The van der Waals surface area contributed by atoms with Gasteiger partial charge in [-0.1, -0.05) is 70.4 Å². The van der Waals surface area contributed by atoms with Crippen molar-refractivity contribution in [3.8, 4) is 0 Å². The second-order valence-electron chi connectivity index (χ2n) is 8.74. The Balaban J connectivity index is 2.02. The average Bonchev–Trinajstić information content (AvgIpc) is 2.76. The zero-order valence-electron chi connectivity index (χ0n) is 19.1. The van der Waals surface area contributed by atoms with E-state index < -0.39 is 42.6 Å². The molecule has 0 radical (unpaired) electrons. The lowest BCUT2D eigenvalue weighted by molar-refractivity contribution is -0.233. The monoisotopic (exact) mass is 444 g/mol. The first-order valence-corrected chi connectivity index (χ1v) is 12.1. The number of esters is 1. The first-order chi connectivity index (χ1) is 14.9. The number of carbonyl (C=O) groups is 1. The van der Waals surface area contributed by atoms with Crippen LogP contribution in [0, 0.1) is 0 Å². The van der Waals surface area contributed by atoms with Crippen LogP contribution in [-0.2, 0) is 9.53 Å². The van der Waals surface area contributed by atoms with Gasteiger partial charge in [0.15, 0.2) is 6.10 Å². The molecule has 6 atom stereocenters. The van der Waals surface area contributed by atoms with E-state index in [1.807, 2.05) is 0 Å². The van der Waals surface area contributed by atoms with Gasteiger partial charge in [-0.2, -0.15) is 0 Å². The Kier molecular flexibility index (Phi) is 15.0. The zero-order valence-corrected chi connectivity index (χ0v) is 19.1. The second kappa shape index (κ2) is 16.6. The molecule has 31 heavy (non-hydrogen) atoms. The molecule has 1 fully saturated rings. The van der Waals surface area contributed by atoms with Crippen LogP contribution in [0.15, 0.2) is 12.2 Å². The van der Waals surface area contributed by atoms with Gasteiger partial charge in [0.25, 0.3) is 0 Å². The highest BCUT2D eigenvalue weighted by atomic mass is 16.6. The van der Waals surface area contributed by atoms with Crippen molar-refractivity contribution in [3.05, 3.63) is 12.2 Å². The molecular formula is C24H44O7. The van der Waals surface area contributed by atoms with E-state index >= 15 is 0 Å². The van der Waals surface area contributed by atoms with Gasteiger partial charge in [0.1, 0.15) is 30.5 Å². The third-order valence-corrected chi connectivity index (χ3v) is 5.98. The topological polar surface area (TPSA) is 127 Å². The number of hydrogen-bond acceptors (Lipinski definition) is 7. The Bertz CT molecular complexity index is 480. The van der Waals surface area contributed by atoms with Gasteiger partial charge in [0.2, 0.25) is 0 Å². The molecule has 2 unspecified atom stereocenters. The molecule has 5 N–H and O–H groups in total. The van der Waals surface area contributed by atoms with Crippen LogP contribution >= 0.6 is 0 Å². The molecule has 182 valence electrons. The van der Waals surface area contributed by atoms with Gasteiger partial charge in [-0.05, 0) is 32.1 Å². The maximum Gasteiger partial charge on any atom is 0.306 e. The molecule has 0 bridgehead atoms. The summed E-state index contributed by atoms with van der Waals surface area (Å²) in [5.74, 6) is -0.600. The summed E-state index contributed by atoms with van der Waals surface area (Å²) in [6.45, 7) is 2.24. The summed E-state index contributed by atoms with van der Waals surface area (Å²) in [6.07, 6.45) is 9.90. The van der Waals surface area contributed by atoms with E-state index in [2.05, 4.69) is 19.1 Å². The summed E-state index contributed by atoms with van der Waals surface area (Å²) < 4.78 is 5.04. The van der Waals surface area contributed by atoms with Gasteiger partial charge < -0.3 is 30.3 Å². The highest BCUT2D eigenvalue weighted by Crippen LogP contribution is 2.24. The van der Waals surface area contributed by atoms with Crippen molar-refractivity contribution < 1.29 is 35.1 Å². The van der Waals surface area contributed by atoms with Crippen molar-refractivity contribution in [2.24, 2.45) is 0 Å². The molecule has 0 saturated heterocycles. The van der Waals surface area contributed by atoms with Crippen LogP contribution in [0.3, 0.4) is 0 Å². The zero-order chi connectivity index (χ0) is 23.1. The van der Waals surface area contributed by atoms with E-state index in [1.165, 1.54) is 44.9 Å². The van der Waals surface area contributed by atoms with E-state index in [1.54, 1.807) is 0 Å². The molecule has 0 spiro atoms. The molecule has 1 saturated carbocycles. The van der Waals surface area contributed by atoms with Gasteiger partial charge in [-0.15, -0.1) is 0 Å². The Labute approximate surface area is 187 Å². The van der Waals surface area contributed by atoms with Crippen molar-refractivity contribution in [2.75, 3.05) is 0 Å². The Morgan fingerprint density at radius 2 is 1.06 bits per heavy atom. The Hall–Kier alpha value is -0.990. The minimum Gasteiger partial charge on any atom is -0.457 e. The number of hydrogen-bond donors (Lipinski definition) is 5. The second-order valence-corrected chi connectivity index (χ2v) is 8.74. The Morgan fingerprint density at radius 3 is 1.58 bits per heavy atom. The van der Waals surface area contributed by atoms with Gasteiger partial charge in [-0.3, -0.25) is 4.79 Å². The van der Waals surface area contributed by atoms with E-state index in [4.69, 9.17) is 4.74 Å². The number of allylic oxidation sites excluding steroid dienone is 2. The van der Waals surface area contributed by atoms with Crippen molar-refractivity contribution in [2.45, 2.75) is 133 Å². The van der Waals surface area contributed by atoms with Crippen LogP contribution < -0.4 is 0 Å². The van der Waals surface area contributed by atoms with Crippen LogP contribution in [-0.4, -0.2) is 68.1 Å². The molecule has 7 nitrogen and oxygen atoms in total. The molecule has 7 heteroatoms. The predicted molar refractivity (Wildman–Crippen MR) is 119 cm³/mol. The number of rotatable bonds is 16. The van der Waals surface area contributed by atoms with Crippen molar-refractivity contribution in [3.63, 3.8) is 0 Å². The number of unbranched alkanes of at least 4 members (excludes halogenated alkanes) is 11. The van der Waals surface area contributed by atoms with Crippen LogP contribution in [0.1, 0.15) is 96.8 Å². The fourth-order valence-electron chi connectivity index (χ4n) is 3.89. The number of carbonyl (C=O) groups excluding carboxylic acids is 1. The van der Waals surface area contributed by atoms with E-state index in [0.29, 0.717) is 6.42 Å². The molecule has 0 aliphatic heterocycles.